The van der Waals surface area contributed by atoms with E-state index in [1.165, 1.54) is 14.0 Å². The lowest BCUT2D eigenvalue weighted by Gasteiger charge is -2.15. The van der Waals surface area contributed by atoms with Crippen LogP contribution in [0.2, 0.25) is 0 Å². The van der Waals surface area contributed by atoms with Crippen LogP contribution in [0.15, 0.2) is 30.3 Å². The summed E-state index contributed by atoms with van der Waals surface area (Å²) in [6, 6.07) is 8.87. The number of hydrogen-bond donors (Lipinski definition) is 1. The molecule has 0 saturated carbocycles. The number of benzene rings is 1. The molecule has 0 aliphatic carbocycles. The first kappa shape index (κ1) is 16.9. The summed E-state index contributed by atoms with van der Waals surface area (Å²) in [6.45, 7) is 1.45. The monoisotopic (exact) mass is 291 g/mol. The zero-order chi connectivity index (χ0) is 15.7. The molecule has 1 amide bonds. The van der Waals surface area contributed by atoms with Crippen LogP contribution in [0.25, 0.3) is 0 Å². The quantitative estimate of drug-likeness (QED) is 0.739. The highest BCUT2D eigenvalue weighted by molar-refractivity contribution is 5.85. The Bertz CT molecular complexity index is 484. The third-order valence-electron chi connectivity index (χ3n) is 3.09. The van der Waals surface area contributed by atoms with Gasteiger partial charge in [0.15, 0.2) is 0 Å². The molecule has 114 valence electrons. The molecule has 0 aromatic heterocycles. The number of nitrogens with one attached hydrogen (secondary N) is 1. The summed E-state index contributed by atoms with van der Waals surface area (Å²) in [5.41, 5.74) is 1.06. The van der Waals surface area contributed by atoms with Crippen molar-refractivity contribution in [3.63, 3.8) is 0 Å². The molecule has 0 bridgehead atoms. The number of carbonyl (C=O) groups is 3. The van der Waals surface area contributed by atoms with E-state index in [-0.39, 0.29) is 31.0 Å². The number of rotatable bonds is 8. The molecule has 5 nitrogen and oxygen atoms in total. The van der Waals surface area contributed by atoms with Crippen LogP contribution in [0.4, 0.5) is 0 Å². The van der Waals surface area contributed by atoms with Crippen molar-refractivity contribution in [1.82, 2.24) is 5.32 Å². The standard InChI is InChI=1S/C16H21NO4/c1-12(18)8-10-14(16(20)21-2)17-15(19)11-9-13-6-4-3-5-7-13/h3-7,14H,8-11H2,1-2H3,(H,17,19)/t14-/m0/s1. The molecule has 5 heteroatoms. The van der Waals surface area contributed by atoms with Crippen LogP contribution >= 0.6 is 0 Å². The number of methoxy groups -OCH3 is 1. The van der Waals surface area contributed by atoms with E-state index in [1.54, 1.807) is 0 Å². The zero-order valence-corrected chi connectivity index (χ0v) is 12.4. The van der Waals surface area contributed by atoms with Gasteiger partial charge in [0.1, 0.15) is 11.8 Å². The van der Waals surface area contributed by atoms with Crippen LogP contribution < -0.4 is 5.32 Å². The van der Waals surface area contributed by atoms with Crippen LogP contribution in [0, 0.1) is 0 Å². The van der Waals surface area contributed by atoms with Gasteiger partial charge in [-0.05, 0) is 25.3 Å². The number of amides is 1. The maximum absolute atomic E-state index is 11.9. The predicted octanol–water partition coefficient (Wildman–Crippen LogP) is 1.65. The average Bonchev–Trinajstić information content (AvgIpc) is 2.49. The molecule has 0 heterocycles. The minimum Gasteiger partial charge on any atom is -0.467 e. The van der Waals surface area contributed by atoms with Gasteiger partial charge in [-0.15, -0.1) is 0 Å². The first-order valence-corrected chi connectivity index (χ1v) is 6.93. The Labute approximate surface area is 124 Å². The fourth-order valence-corrected chi connectivity index (χ4v) is 1.91. The topological polar surface area (TPSA) is 72.5 Å². The van der Waals surface area contributed by atoms with Crippen LogP contribution in [-0.4, -0.2) is 30.8 Å². The van der Waals surface area contributed by atoms with Gasteiger partial charge in [0.25, 0.3) is 0 Å². The molecule has 1 aromatic carbocycles. The van der Waals surface area contributed by atoms with Crippen molar-refractivity contribution in [1.29, 1.82) is 0 Å². The number of esters is 1. The zero-order valence-electron chi connectivity index (χ0n) is 12.4. The van der Waals surface area contributed by atoms with Crippen molar-refractivity contribution in [2.75, 3.05) is 7.11 Å². The molecular formula is C16H21NO4. The summed E-state index contributed by atoms with van der Waals surface area (Å²) >= 11 is 0. The Morgan fingerprint density at radius 3 is 2.38 bits per heavy atom. The van der Waals surface area contributed by atoms with Crippen molar-refractivity contribution in [2.24, 2.45) is 0 Å². The van der Waals surface area contributed by atoms with E-state index in [9.17, 15) is 14.4 Å². The fraction of sp³-hybridized carbons (Fsp3) is 0.438. The number of hydrogen-bond acceptors (Lipinski definition) is 4. The second-order valence-corrected chi connectivity index (χ2v) is 4.87. The number of Topliss-reactive ketones (excluding diaryl/α,β-unsaturated/α-hetero) is 1. The minimum absolute atomic E-state index is 0.0255. The highest BCUT2D eigenvalue weighted by Gasteiger charge is 2.21. The van der Waals surface area contributed by atoms with Gasteiger partial charge in [-0.1, -0.05) is 30.3 Å². The molecule has 0 radical (unpaired) electrons. The van der Waals surface area contributed by atoms with Crippen molar-refractivity contribution < 1.29 is 19.1 Å². The molecule has 21 heavy (non-hydrogen) atoms. The summed E-state index contributed by atoms with van der Waals surface area (Å²) in [4.78, 5) is 34.5. The molecule has 0 unspecified atom stereocenters. The smallest absolute Gasteiger partial charge is 0.328 e. The van der Waals surface area contributed by atoms with Gasteiger partial charge < -0.3 is 14.8 Å². The van der Waals surface area contributed by atoms with Gasteiger partial charge >= 0.3 is 5.97 Å². The molecule has 1 N–H and O–H groups in total. The first-order valence-electron chi connectivity index (χ1n) is 6.93. The Kier molecular flexibility index (Phi) is 7.15. The Hall–Kier alpha value is -2.17. The van der Waals surface area contributed by atoms with Crippen molar-refractivity contribution >= 4 is 17.7 Å². The van der Waals surface area contributed by atoms with Crippen LogP contribution in [-0.2, 0) is 25.5 Å². The molecule has 0 aliphatic rings. The first-order chi connectivity index (χ1) is 10.0. The van der Waals surface area contributed by atoms with Gasteiger partial charge in [-0.2, -0.15) is 0 Å². The van der Waals surface area contributed by atoms with E-state index in [2.05, 4.69) is 10.1 Å². The maximum Gasteiger partial charge on any atom is 0.328 e. The molecule has 1 aromatic rings. The third kappa shape index (κ3) is 6.70. The molecule has 0 spiro atoms. The molecule has 0 fully saturated rings. The summed E-state index contributed by atoms with van der Waals surface area (Å²) in [6.07, 6.45) is 1.39. The van der Waals surface area contributed by atoms with Gasteiger partial charge in [0.05, 0.1) is 7.11 Å². The Morgan fingerprint density at radius 1 is 1.14 bits per heavy atom. The highest BCUT2D eigenvalue weighted by atomic mass is 16.5. The molecule has 1 atom stereocenters. The van der Waals surface area contributed by atoms with E-state index in [0.29, 0.717) is 6.42 Å². The molecule has 0 saturated heterocycles. The second-order valence-electron chi connectivity index (χ2n) is 4.87. The maximum atomic E-state index is 11.9. The van der Waals surface area contributed by atoms with E-state index in [1.807, 2.05) is 30.3 Å². The number of ketones is 1. The van der Waals surface area contributed by atoms with Gasteiger partial charge in [0.2, 0.25) is 5.91 Å². The van der Waals surface area contributed by atoms with Crippen LogP contribution in [0.5, 0.6) is 0 Å². The average molecular weight is 291 g/mol. The third-order valence-corrected chi connectivity index (χ3v) is 3.09. The largest absolute Gasteiger partial charge is 0.467 e. The van der Waals surface area contributed by atoms with Gasteiger partial charge in [-0.25, -0.2) is 4.79 Å². The predicted molar refractivity (Wildman–Crippen MR) is 78.6 cm³/mol. The van der Waals surface area contributed by atoms with E-state index < -0.39 is 12.0 Å². The molecular weight excluding hydrogens is 270 g/mol. The van der Waals surface area contributed by atoms with E-state index in [0.717, 1.165) is 5.56 Å². The number of aryl methyl sites for hydroxylation is 1. The second kappa shape index (κ2) is 8.89. The van der Waals surface area contributed by atoms with Crippen molar-refractivity contribution in [3.05, 3.63) is 35.9 Å². The number of ether oxygens (including phenoxy) is 1. The van der Waals surface area contributed by atoms with Crippen molar-refractivity contribution in [3.8, 4) is 0 Å². The summed E-state index contributed by atoms with van der Waals surface area (Å²) in [5.74, 6) is -0.774. The summed E-state index contributed by atoms with van der Waals surface area (Å²) in [5, 5.41) is 2.63. The lowest BCUT2D eigenvalue weighted by Crippen LogP contribution is -2.41. The van der Waals surface area contributed by atoms with E-state index >= 15 is 0 Å². The minimum atomic E-state index is -0.762. The van der Waals surface area contributed by atoms with Crippen molar-refractivity contribution in [2.45, 2.75) is 38.6 Å². The fourth-order valence-electron chi connectivity index (χ4n) is 1.91. The highest BCUT2D eigenvalue weighted by Crippen LogP contribution is 2.05. The SMILES string of the molecule is COC(=O)[C@H](CCC(C)=O)NC(=O)CCc1ccccc1. The van der Waals surface area contributed by atoms with Crippen LogP contribution in [0.3, 0.4) is 0 Å². The normalized spacial score (nSPS) is 11.5. The lowest BCUT2D eigenvalue weighted by molar-refractivity contribution is -0.145. The molecule has 1 rings (SSSR count). The van der Waals surface area contributed by atoms with E-state index in [4.69, 9.17) is 0 Å². The Balaban J connectivity index is 2.47. The Morgan fingerprint density at radius 2 is 1.81 bits per heavy atom. The number of carbonyl (C=O) groups excluding carboxylic acids is 3. The lowest BCUT2D eigenvalue weighted by atomic mass is 10.1. The summed E-state index contributed by atoms with van der Waals surface area (Å²) in [7, 11) is 1.26. The van der Waals surface area contributed by atoms with Gasteiger partial charge in [-0.3, -0.25) is 4.79 Å². The van der Waals surface area contributed by atoms with Crippen LogP contribution in [0.1, 0.15) is 31.7 Å². The summed E-state index contributed by atoms with van der Waals surface area (Å²) < 4.78 is 4.64. The molecule has 0 aliphatic heterocycles. The van der Waals surface area contributed by atoms with Gasteiger partial charge in [0, 0.05) is 12.8 Å².